The van der Waals surface area contributed by atoms with Gasteiger partial charge in [0.05, 0.1) is 5.56 Å². The second-order valence-corrected chi connectivity index (χ2v) is 8.73. The van der Waals surface area contributed by atoms with E-state index in [1.54, 1.807) is 26.8 Å². The van der Waals surface area contributed by atoms with Gasteiger partial charge >= 0.3 is 18.4 Å². The van der Waals surface area contributed by atoms with Crippen LogP contribution in [0.4, 0.5) is 22.8 Å². The Morgan fingerprint density at radius 3 is 2.26 bits per heavy atom. The summed E-state index contributed by atoms with van der Waals surface area (Å²) in [6.45, 7) is 5.22. The number of imide groups is 1. The molecular weight excluding hydrogens is 437 g/mol. The maximum Gasteiger partial charge on any atom is 0.420 e. The van der Waals surface area contributed by atoms with Crippen LogP contribution >= 0.6 is 11.6 Å². The lowest BCUT2D eigenvalue weighted by molar-refractivity contribution is -0.137. The average molecular weight is 457 g/mol. The van der Waals surface area contributed by atoms with E-state index in [-0.39, 0.29) is 11.6 Å². The van der Waals surface area contributed by atoms with Gasteiger partial charge in [-0.1, -0.05) is 50.6 Å². The van der Waals surface area contributed by atoms with E-state index in [0.717, 1.165) is 12.1 Å². The number of amides is 2. The number of carbonyl (C=O) groups excluding carboxylic acids is 1. The minimum Gasteiger partial charge on any atom is -0.465 e. The average Bonchev–Trinajstić information content (AvgIpc) is 2.95. The highest BCUT2D eigenvalue weighted by atomic mass is 35.5. The minimum atomic E-state index is -4.50. The Kier molecular flexibility index (Phi) is 5.69. The minimum absolute atomic E-state index is 0.0695. The van der Waals surface area contributed by atoms with Gasteiger partial charge in [-0.15, -0.1) is 0 Å². The summed E-state index contributed by atoms with van der Waals surface area (Å²) in [7, 11) is 0. The van der Waals surface area contributed by atoms with Crippen LogP contribution in [-0.4, -0.2) is 32.7 Å². The summed E-state index contributed by atoms with van der Waals surface area (Å²) >= 11 is 5.85. The molecule has 0 saturated carbocycles. The Hall–Kier alpha value is -2.81. The van der Waals surface area contributed by atoms with E-state index >= 15 is 0 Å². The number of hydrogen-bond donors (Lipinski definition) is 1. The number of benzene rings is 1. The highest BCUT2D eigenvalue weighted by Gasteiger charge is 2.64. The van der Waals surface area contributed by atoms with Crippen molar-refractivity contribution in [3.63, 3.8) is 0 Å². The molecule has 10 heteroatoms. The van der Waals surface area contributed by atoms with Crippen molar-refractivity contribution in [2.75, 3.05) is 0 Å². The Bertz CT molecular complexity index is 988. The summed E-state index contributed by atoms with van der Waals surface area (Å²) in [4.78, 5) is 29.4. The number of carboxylic acid groups (broad SMARTS) is 1. The first-order valence-corrected chi connectivity index (χ1v) is 9.66. The summed E-state index contributed by atoms with van der Waals surface area (Å²) in [5.41, 5.74) is -2.33. The summed E-state index contributed by atoms with van der Waals surface area (Å²) in [5.74, 6) is 0. The third kappa shape index (κ3) is 4.06. The number of cyclic esters (lactones) is 1. The van der Waals surface area contributed by atoms with Crippen molar-refractivity contribution < 1.29 is 32.6 Å². The molecule has 0 bridgehead atoms. The molecule has 166 valence electrons. The molecule has 2 unspecified atom stereocenters. The van der Waals surface area contributed by atoms with Gasteiger partial charge in [0, 0.05) is 18.2 Å². The van der Waals surface area contributed by atoms with Crippen LogP contribution in [0.15, 0.2) is 42.6 Å². The third-order valence-corrected chi connectivity index (χ3v) is 5.76. The largest absolute Gasteiger partial charge is 0.465 e. The van der Waals surface area contributed by atoms with Crippen molar-refractivity contribution >= 4 is 23.8 Å². The van der Waals surface area contributed by atoms with E-state index < -0.39 is 41.0 Å². The maximum absolute atomic E-state index is 13.0. The first kappa shape index (κ1) is 22.9. The fourth-order valence-corrected chi connectivity index (χ4v) is 4.07. The normalized spacial score (nSPS) is 21.8. The quantitative estimate of drug-likeness (QED) is 0.577. The Morgan fingerprint density at radius 2 is 1.81 bits per heavy atom. The van der Waals surface area contributed by atoms with Crippen molar-refractivity contribution in [2.45, 2.75) is 45.0 Å². The molecular formula is C21H20ClF3N2O4. The number of hydrogen-bond acceptors (Lipinski definition) is 4. The molecule has 0 spiro atoms. The van der Waals surface area contributed by atoms with Gasteiger partial charge in [-0.05, 0) is 29.2 Å². The van der Waals surface area contributed by atoms with Gasteiger partial charge in [-0.25, -0.2) is 19.5 Å². The van der Waals surface area contributed by atoms with Gasteiger partial charge in [-0.3, -0.25) is 0 Å². The molecule has 1 fully saturated rings. The summed E-state index contributed by atoms with van der Waals surface area (Å²) in [6.07, 6.45) is -6.82. The van der Waals surface area contributed by atoms with Gasteiger partial charge in [0.25, 0.3) is 0 Å². The molecule has 1 N–H and O–H groups in total. The van der Waals surface area contributed by atoms with Crippen LogP contribution in [0.2, 0.25) is 5.15 Å². The van der Waals surface area contributed by atoms with E-state index in [4.69, 9.17) is 16.3 Å². The van der Waals surface area contributed by atoms with E-state index in [1.807, 2.05) is 0 Å². The molecule has 2 atom stereocenters. The molecule has 31 heavy (non-hydrogen) atoms. The molecule has 0 aliphatic carbocycles. The molecule has 2 heterocycles. The van der Waals surface area contributed by atoms with Gasteiger partial charge < -0.3 is 9.84 Å². The monoisotopic (exact) mass is 456 g/mol. The third-order valence-electron chi connectivity index (χ3n) is 5.53. The summed E-state index contributed by atoms with van der Waals surface area (Å²) < 4.78 is 44.4. The van der Waals surface area contributed by atoms with Crippen LogP contribution in [-0.2, 0) is 17.3 Å². The molecule has 2 amide bonds. The van der Waals surface area contributed by atoms with Crippen LogP contribution in [0.1, 0.15) is 43.6 Å². The summed E-state index contributed by atoms with van der Waals surface area (Å²) in [5, 5.41) is 10.1. The molecule has 3 rings (SSSR count). The number of alkyl halides is 3. The molecule has 1 saturated heterocycles. The van der Waals surface area contributed by atoms with Gasteiger partial charge in [0.1, 0.15) is 10.7 Å². The van der Waals surface area contributed by atoms with Crippen LogP contribution in [0.5, 0.6) is 0 Å². The number of halogens is 4. The van der Waals surface area contributed by atoms with Crippen LogP contribution in [0.3, 0.4) is 0 Å². The highest BCUT2D eigenvalue weighted by molar-refractivity contribution is 6.29. The topological polar surface area (TPSA) is 79.7 Å². The number of pyridine rings is 1. The number of aromatic nitrogens is 1. The molecule has 0 radical (unpaired) electrons. The van der Waals surface area contributed by atoms with Crippen molar-refractivity contribution in [1.82, 2.24) is 9.88 Å². The van der Waals surface area contributed by atoms with Crippen LogP contribution < -0.4 is 0 Å². The van der Waals surface area contributed by atoms with Gasteiger partial charge in [0.2, 0.25) is 0 Å². The lowest BCUT2D eigenvalue weighted by atomic mass is 9.65. The van der Waals surface area contributed by atoms with Crippen molar-refractivity contribution in [3.05, 3.63) is 64.4 Å². The smallest absolute Gasteiger partial charge is 0.420 e. The zero-order valence-electron chi connectivity index (χ0n) is 16.9. The second kappa shape index (κ2) is 7.71. The first-order valence-electron chi connectivity index (χ1n) is 9.29. The first-order chi connectivity index (χ1) is 14.3. The predicted octanol–water partition coefficient (Wildman–Crippen LogP) is 5.95. The second-order valence-electron chi connectivity index (χ2n) is 8.34. The van der Waals surface area contributed by atoms with Gasteiger partial charge in [0.15, 0.2) is 6.10 Å². The Labute approximate surface area is 181 Å². The Morgan fingerprint density at radius 1 is 1.19 bits per heavy atom. The van der Waals surface area contributed by atoms with E-state index in [9.17, 15) is 27.9 Å². The predicted molar refractivity (Wildman–Crippen MR) is 106 cm³/mol. The van der Waals surface area contributed by atoms with Crippen LogP contribution in [0, 0.1) is 5.41 Å². The number of nitrogens with zero attached hydrogens (tertiary/aromatic N) is 2. The van der Waals surface area contributed by atoms with Crippen molar-refractivity contribution in [1.29, 1.82) is 0 Å². The van der Waals surface area contributed by atoms with E-state index in [1.165, 1.54) is 24.4 Å². The van der Waals surface area contributed by atoms with Crippen molar-refractivity contribution in [2.24, 2.45) is 5.41 Å². The van der Waals surface area contributed by atoms with Crippen molar-refractivity contribution in [3.8, 4) is 0 Å². The van der Waals surface area contributed by atoms with E-state index in [0.29, 0.717) is 16.0 Å². The van der Waals surface area contributed by atoms with E-state index in [2.05, 4.69) is 4.98 Å². The lowest BCUT2D eigenvalue weighted by Crippen LogP contribution is -2.60. The molecule has 1 aliphatic rings. The standard InChI is InChI=1S/C21H20ClF3N2O4/c1-19(2,3)20(10-12-4-7-14(8-5-12)21(23,24)25)16(13-6-9-15(22)26-11-13)31-18(30)27(20)17(28)29/h4-9,11,16H,10H2,1-3H3,(H,28,29). The lowest BCUT2D eigenvalue weighted by Gasteiger charge is -2.47. The maximum atomic E-state index is 13.0. The van der Waals surface area contributed by atoms with Gasteiger partial charge in [-0.2, -0.15) is 13.2 Å². The molecule has 1 aromatic heterocycles. The zero-order chi connectivity index (χ0) is 23.2. The SMILES string of the molecule is CC(C)(C)C1(Cc2ccc(C(F)(F)F)cc2)C(c2ccc(Cl)nc2)OC(=O)N1C(=O)O. The summed E-state index contributed by atoms with van der Waals surface area (Å²) in [6, 6.07) is 7.46. The zero-order valence-corrected chi connectivity index (χ0v) is 17.7. The fourth-order valence-electron chi connectivity index (χ4n) is 3.95. The number of carbonyl (C=O) groups is 2. The highest BCUT2D eigenvalue weighted by Crippen LogP contribution is 2.53. The molecule has 2 aromatic rings. The van der Waals surface area contributed by atoms with Crippen LogP contribution in [0.25, 0.3) is 0 Å². The number of rotatable bonds is 3. The molecule has 6 nitrogen and oxygen atoms in total. The Balaban J connectivity index is 2.17. The number of ether oxygens (including phenoxy) is 1. The molecule has 1 aliphatic heterocycles. The molecule has 1 aromatic carbocycles. The fraction of sp³-hybridized carbons (Fsp3) is 0.381.